The molecule has 0 bridgehead atoms. The number of hydrogen-bond donors (Lipinski definition) is 0. The van der Waals surface area contributed by atoms with Crippen LogP contribution in [0.1, 0.15) is 25.7 Å². The molecule has 0 spiro atoms. The molecule has 0 aromatic carbocycles. The van der Waals surface area contributed by atoms with Crippen molar-refractivity contribution in [2.45, 2.75) is 25.7 Å². The lowest BCUT2D eigenvalue weighted by molar-refractivity contribution is -0.188. The van der Waals surface area contributed by atoms with Crippen molar-refractivity contribution in [1.29, 1.82) is 0 Å². The van der Waals surface area contributed by atoms with Crippen molar-refractivity contribution in [1.82, 2.24) is 0 Å². The van der Waals surface area contributed by atoms with Crippen molar-refractivity contribution in [3.8, 4) is 0 Å². The summed E-state index contributed by atoms with van der Waals surface area (Å²) in [5.74, 6) is -1.61. The molecule has 2 saturated carbocycles. The smallest absolute Gasteiger partial charge is 0.326 e. The zero-order valence-electron chi connectivity index (χ0n) is 14.7. The fraction of sp³-hybridized carbons (Fsp3) is 0.722. The Morgan fingerprint density at radius 3 is 2.20 bits per heavy atom. The van der Waals surface area contributed by atoms with Crippen LogP contribution >= 0.6 is 0 Å². The highest BCUT2D eigenvalue weighted by atomic mass is 16.6. The van der Waals surface area contributed by atoms with E-state index in [4.69, 9.17) is 18.9 Å². The van der Waals surface area contributed by atoms with Crippen LogP contribution in [0.5, 0.6) is 0 Å². The van der Waals surface area contributed by atoms with Gasteiger partial charge in [-0.05, 0) is 31.3 Å². The number of ether oxygens (including phenoxy) is 4. The van der Waals surface area contributed by atoms with E-state index in [0.29, 0.717) is 25.9 Å². The maximum Gasteiger partial charge on any atom is 0.326 e. The van der Waals surface area contributed by atoms with Crippen LogP contribution < -0.4 is 0 Å². The van der Waals surface area contributed by atoms with Gasteiger partial charge in [0.05, 0.1) is 40.0 Å². The van der Waals surface area contributed by atoms with Gasteiger partial charge in [0, 0.05) is 10.8 Å². The molecule has 0 radical (unpaired) electrons. The monoisotopic (exact) mass is 350 g/mol. The van der Waals surface area contributed by atoms with Crippen molar-refractivity contribution in [2.75, 3.05) is 34.5 Å². The van der Waals surface area contributed by atoms with Gasteiger partial charge in [-0.3, -0.25) is 14.4 Å². The molecule has 3 atom stereocenters. The van der Waals surface area contributed by atoms with E-state index in [2.05, 4.69) is 0 Å². The first-order chi connectivity index (χ1) is 11.9. The van der Waals surface area contributed by atoms with Crippen molar-refractivity contribution in [3.05, 3.63) is 11.6 Å². The lowest BCUT2D eigenvalue weighted by Gasteiger charge is -2.41. The fourth-order valence-corrected chi connectivity index (χ4v) is 6.15. The van der Waals surface area contributed by atoms with Crippen LogP contribution in [0.2, 0.25) is 0 Å². The molecule has 1 aliphatic heterocycles. The fourth-order valence-electron chi connectivity index (χ4n) is 6.15. The molecule has 7 heteroatoms. The van der Waals surface area contributed by atoms with Crippen molar-refractivity contribution >= 4 is 17.9 Å². The molecule has 4 aliphatic rings. The number of carbonyl (C=O) groups is 3. The summed E-state index contributed by atoms with van der Waals surface area (Å²) in [7, 11) is 3.89. The molecule has 0 aromatic heterocycles. The Hall–Kier alpha value is -1.89. The molecule has 0 N–H and O–H groups in total. The average molecular weight is 350 g/mol. The Labute approximate surface area is 145 Å². The molecule has 25 heavy (non-hydrogen) atoms. The third-order valence-corrected chi connectivity index (χ3v) is 6.99. The number of allylic oxidation sites excluding steroid dienone is 1. The van der Waals surface area contributed by atoms with Crippen LogP contribution in [-0.4, -0.2) is 52.5 Å². The lowest BCUT2D eigenvalue weighted by atomic mass is 9.64. The van der Waals surface area contributed by atoms with Gasteiger partial charge in [0.25, 0.3) is 0 Å². The first-order valence-electron chi connectivity index (χ1n) is 8.45. The zero-order valence-corrected chi connectivity index (χ0v) is 14.7. The van der Waals surface area contributed by atoms with E-state index in [1.54, 1.807) is 0 Å². The molecular weight excluding hydrogens is 328 g/mol. The SMILES string of the molecule is COC(=O)C1(C(=O)OC)COC[C@@]23C[C@]4(C(=O)OC)CCC=C4[C@]12C3. The molecule has 136 valence electrons. The van der Waals surface area contributed by atoms with Gasteiger partial charge in [0.15, 0.2) is 5.41 Å². The minimum Gasteiger partial charge on any atom is -0.468 e. The highest BCUT2D eigenvalue weighted by Crippen LogP contribution is 2.88. The van der Waals surface area contributed by atoms with Crippen LogP contribution in [0.4, 0.5) is 0 Å². The standard InChI is InChI=1S/C18H22O7/c1-22-12(19)16-6-4-5-11(16)18-8-15(18,7-16)9-25-10-17(18,13(20)23-2)14(21)24-3/h5H,4,6-10H2,1-3H3/t15-,16+,18-/m0/s1. The van der Waals surface area contributed by atoms with E-state index in [1.807, 2.05) is 6.08 Å². The second-order valence-corrected chi connectivity index (χ2v) is 7.65. The maximum absolute atomic E-state index is 12.8. The zero-order chi connectivity index (χ0) is 18.1. The molecule has 0 unspecified atom stereocenters. The second kappa shape index (κ2) is 4.84. The first-order valence-corrected chi connectivity index (χ1v) is 8.45. The van der Waals surface area contributed by atoms with Gasteiger partial charge >= 0.3 is 17.9 Å². The molecule has 0 aromatic rings. The number of methoxy groups -OCH3 is 3. The van der Waals surface area contributed by atoms with Gasteiger partial charge in [-0.15, -0.1) is 0 Å². The van der Waals surface area contributed by atoms with E-state index >= 15 is 0 Å². The van der Waals surface area contributed by atoms with Crippen molar-refractivity contribution in [3.63, 3.8) is 0 Å². The quantitative estimate of drug-likeness (QED) is 0.325. The van der Waals surface area contributed by atoms with Crippen LogP contribution in [0.15, 0.2) is 11.6 Å². The number of esters is 3. The summed E-state index contributed by atoms with van der Waals surface area (Å²) < 4.78 is 20.9. The van der Waals surface area contributed by atoms with Crippen LogP contribution in [0, 0.1) is 21.7 Å². The van der Waals surface area contributed by atoms with E-state index < -0.39 is 33.6 Å². The molecule has 4 rings (SSSR count). The van der Waals surface area contributed by atoms with Crippen molar-refractivity contribution in [2.24, 2.45) is 21.7 Å². The van der Waals surface area contributed by atoms with E-state index in [-0.39, 0.29) is 12.6 Å². The van der Waals surface area contributed by atoms with Crippen LogP contribution in [0.3, 0.4) is 0 Å². The van der Waals surface area contributed by atoms with Crippen molar-refractivity contribution < 1.29 is 33.3 Å². The molecule has 3 fully saturated rings. The van der Waals surface area contributed by atoms with E-state index in [1.165, 1.54) is 21.3 Å². The highest BCUT2D eigenvalue weighted by Gasteiger charge is 2.91. The maximum atomic E-state index is 12.8. The number of fused-ring (bicyclic) bond motifs is 1. The van der Waals surface area contributed by atoms with Gasteiger partial charge in [0.1, 0.15) is 0 Å². The van der Waals surface area contributed by atoms with Gasteiger partial charge in [-0.1, -0.05) is 6.08 Å². The number of rotatable bonds is 3. The summed E-state index contributed by atoms with van der Waals surface area (Å²) in [6, 6.07) is 0. The van der Waals surface area contributed by atoms with Gasteiger partial charge in [-0.2, -0.15) is 0 Å². The van der Waals surface area contributed by atoms with Gasteiger partial charge < -0.3 is 18.9 Å². The van der Waals surface area contributed by atoms with Crippen LogP contribution in [-0.2, 0) is 33.3 Å². The summed E-state index contributed by atoms with van der Waals surface area (Å²) >= 11 is 0. The Morgan fingerprint density at radius 1 is 0.960 bits per heavy atom. The summed E-state index contributed by atoms with van der Waals surface area (Å²) in [6.45, 7) is 0.321. The van der Waals surface area contributed by atoms with Gasteiger partial charge in [-0.25, -0.2) is 0 Å². The normalized spacial score (nSPS) is 39.4. The van der Waals surface area contributed by atoms with E-state index in [9.17, 15) is 14.4 Å². The average Bonchev–Trinajstić information content (AvgIpc) is 2.97. The second-order valence-electron chi connectivity index (χ2n) is 7.65. The van der Waals surface area contributed by atoms with Gasteiger partial charge in [0.2, 0.25) is 0 Å². The molecule has 3 aliphatic carbocycles. The topological polar surface area (TPSA) is 88.1 Å². The van der Waals surface area contributed by atoms with Crippen LogP contribution in [0.25, 0.3) is 0 Å². The Kier molecular flexibility index (Phi) is 3.21. The summed E-state index contributed by atoms with van der Waals surface area (Å²) in [4.78, 5) is 38.4. The summed E-state index contributed by atoms with van der Waals surface area (Å²) in [5.41, 5.74) is -2.68. The molecule has 1 saturated heterocycles. The largest absolute Gasteiger partial charge is 0.468 e. The molecular formula is C18H22O7. The third kappa shape index (κ3) is 1.50. The molecule has 0 amide bonds. The lowest BCUT2D eigenvalue weighted by Crippen LogP contribution is -2.56. The minimum atomic E-state index is -1.57. The Balaban J connectivity index is 1.93. The molecule has 1 heterocycles. The summed E-state index contributed by atoms with van der Waals surface area (Å²) in [6.07, 6.45) is 4.53. The minimum absolute atomic E-state index is 0.0946. The molecule has 7 nitrogen and oxygen atoms in total. The first kappa shape index (κ1) is 16.6. The Bertz CT molecular complexity index is 694. The summed E-state index contributed by atoms with van der Waals surface area (Å²) in [5, 5.41) is 0. The third-order valence-electron chi connectivity index (χ3n) is 6.99. The van der Waals surface area contributed by atoms with E-state index in [0.717, 1.165) is 12.0 Å². The highest BCUT2D eigenvalue weighted by molar-refractivity contribution is 6.04. The number of carbonyl (C=O) groups excluding carboxylic acids is 3. The number of hydrogen-bond acceptors (Lipinski definition) is 7. The predicted octanol–water partition coefficient (Wildman–Crippen LogP) is 1.01. The Morgan fingerprint density at radius 2 is 1.60 bits per heavy atom. The predicted molar refractivity (Wildman–Crippen MR) is 83.2 cm³/mol.